The van der Waals surface area contributed by atoms with E-state index in [1.54, 1.807) is 0 Å². The van der Waals surface area contributed by atoms with Crippen LogP contribution in [-0.2, 0) is 9.59 Å². The number of rotatable bonds is 3. The fourth-order valence-electron chi connectivity index (χ4n) is 2.10. The van der Waals surface area contributed by atoms with Gasteiger partial charge in [0.05, 0.1) is 5.41 Å². The summed E-state index contributed by atoms with van der Waals surface area (Å²) in [6.07, 6.45) is 2.02. The average Bonchev–Trinajstić information content (AvgIpc) is 2.47. The first-order chi connectivity index (χ1) is 6.03. The predicted molar refractivity (Wildman–Crippen MR) is 48.4 cm³/mol. The largest absolute Gasteiger partial charge is 0.481 e. The van der Waals surface area contributed by atoms with Crippen LogP contribution in [0.1, 0.15) is 39.5 Å². The first kappa shape index (κ1) is 10.2. The second kappa shape index (κ2) is 3.48. The highest BCUT2D eigenvalue weighted by molar-refractivity contribution is 5.90. The summed E-state index contributed by atoms with van der Waals surface area (Å²) in [5.74, 6) is -0.605. The van der Waals surface area contributed by atoms with Crippen LogP contribution in [0.4, 0.5) is 0 Å². The molecule has 0 aromatic rings. The van der Waals surface area contributed by atoms with Gasteiger partial charge in [-0.15, -0.1) is 0 Å². The van der Waals surface area contributed by atoms with Crippen molar-refractivity contribution in [2.45, 2.75) is 39.5 Å². The standard InChI is InChI=1S/C10H16O3/c1-3-7(2)10(9(12)13)5-4-8(11)6-10/h7H,3-6H2,1-2H3,(H,12,13). The van der Waals surface area contributed by atoms with Gasteiger partial charge in [0.25, 0.3) is 0 Å². The number of ketones is 1. The maximum atomic E-state index is 11.1. The van der Waals surface area contributed by atoms with Crippen molar-refractivity contribution in [1.82, 2.24) is 0 Å². The van der Waals surface area contributed by atoms with Gasteiger partial charge in [0.15, 0.2) is 0 Å². The van der Waals surface area contributed by atoms with Gasteiger partial charge in [0, 0.05) is 12.8 Å². The van der Waals surface area contributed by atoms with E-state index in [0.717, 1.165) is 6.42 Å². The van der Waals surface area contributed by atoms with Gasteiger partial charge in [0.2, 0.25) is 0 Å². The summed E-state index contributed by atoms with van der Waals surface area (Å²) < 4.78 is 0. The van der Waals surface area contributed by atoms with Crippen LogP contribution in [-0.4, -0.2) is 16.9 Å². The van der Waals surface area contributed by atoms with Crippen LogP contribution in [0.3, 0.4) is 0 Å². The molecule has 1 fully saturated rings. The molecule has 3 nitrogen and oxygen atoms in total. The minimum Gasteiger partial charge on any atom is -0.481 e. The quantitative estimate of drug-likeness (QED) is 0.728. The predicted octanol–water partition coefficient (Wildman–Crippen LogP) is 1.86. The SMILES string of the molecule is CCC(C)C1(C(=O)O)CCC(=O)C1. The van der Waals surface area contributed by atoms with Gasteiger partial charge >= 0.3 is 5.97 Å². The first-order valence-electron chi connectivity index (χ1n) is 4.78. The number of carboxylic acids is 1. The van der Waals surface area contributed by atoms with Gasteiger partial charge in [0.1, 0.15) is 5.78 Å². The Balaban J connectivity index is 2.89. The monoisotopic (exact) mass is 184 g/mol. The number of carbonyl (C=O) groups is 2. The van der Waals surface area contributed by atoms with E-state index in [1.807, 2.05) is 13.8 Å². The van der Waals surface area contributed by atoms with Gasteiger partial charge in [-0.3, -0.25) is 9.59 Å². The third kappa shape index (κ3) is 1.60. The molecular formula is C10H16O3. The van der Waals surface area contributed by atoms with Crippen LogP contribution in [0.25, 0.3) is 0 Å². The summed E-state index contributed by atoms with van der Waals surface area (Å²) >= 11 is 0. The van der Waals surface area contributed by atoms with Crippen molar-refractivity contribution in [3.63, 3.8) is 0 Å². The van der Waals surface area contributed by atoms with Gasteiger partial charge in [-0.1, -0.05) is 20.3 Å². The third-order valence-corrected chi connectivity index (χ3v) is 3.34. The highest BCUT2D eigenvalue weighted by Crippen LogP contribution is 2.44. The van der Waals surface area contributed by atoms with E-state index < -0.39 is 11.4 Å². The second-order valence-electron chi connectivity index (χ2n) is 3.99. The molecule has 1 N–H and O–H groups in total. The Kier molecular flexibility index (Phi) is 2.74. The number of carbonyl (C=O) groups excluding carboxylic acids is 1. The molecule has 0 bridgehead atoms. The molecule has 0 aromatic heterocycles. The van der Waals surface area contributed by atoms with E-state index in [-0.39, 0.29) is 18.1 Å². The molecule has 0 saturated heterocycles. The van der Waals surface area contributed by atoms with Gasteiger partial charge in [-0.05, 0) is 12.3 Å². The molecule has 0 heterocycles. The number of hydrogen-bond donors (Lipinski definition) is 1. The van der Waals surface area contributed by atoms with Gasteiger partial charge < -0.3 is 5.11 Å². The maximum absolute atomic E-state index is 11.1. The van der Waals surface area contributed by atoms with Gasteiger partial charge in [-0.25, -0.2) is 0 Å². The van der Waals surface area contributed by atoms with E-state index in [0.29, 0.717) is 12.8 Å². The van der Waals surface area contributed by atoms with Crippen LogP contribution in [0, 0.1) is 11.3 Å². The van der Waals surface area contributed by atoms with Crippen LogP contribution in [0.15, 0.2) is 0 Å². The minimum absolute atomic E-state index is 0.0939. The molecule has 0 spiro atoms. The normalized spacial score (nSPS) is 30.5. The lowest BCUT2D eigenvalue weighted by Gasteiger charge is -2.29. The molecule has 74 valence electrons. The third-order valence-electron chi connectivity index (χ3n) is 3.34. The first-order valence-corrected chi connectivity index (χ1v) is 4.78. The van der Waals surface area contributed by atoms with Crippen molar-refractivity contribution < 1.29 is 14.7 Å². The Hall–Kier alpha value is -0.860. The van der Waals surface area contributed by atoms with Crippen LogP contribution in [0.5, 0.6) is 0 Å². The van der Waals surface area contributed by atoms with Crippen LogP contribution < -0.4 is 0 Å². The zero-order chi connectivity index (χ0) is 10.1. The highest BCUT2D eigenvalue weighted by atomic mass is 16.4. The lowest BCUT2D eigenvalue weighted by atomic mass is 9.73. The average molecular weight is 184 g/mol. The van der Waals surface area contributed by atoms with Crippen molar-refractivity contribution in [3.8, 4) is 0 Å². The molecule has 1 aliphatic carbocycles. The molecule has 3 heteroatoms. The Morgan fingerprint density at radius 2 is 2.31 bits per heavy atom. The number of carboxylic acid groups (broad SMARTS) is 1. The minimum atomic E-state index is -0.798. The topological polar surface area (TPSA) is 54.4 Å². The summed E-state index contributed by atoms with van der Waals surface area (Å²) in [6, 6.07) is 0. The molecule has 13 heavy (non-hydrogen) atoms. The van der Waals surface area contributed by atoms with E-state index in [9.17, 15) is 9.59 Å². The van der Waals surface area contributed by atoms with E-state index in [4.69, 9.17) is 5.11 Å². The molecule has 0 aromatic carbocycles. The smallest absolute Gasteiger partial charge is 0.310 e. The molecule has 0 radical (unpaired) electrons. The summed E-state index contributed by atoms with van der Waals surface area (Å²) in [6.45, 7) is 3.89. The summed E-state index contributed by atoms with van der Waals surface area (Å²) in [5.41, 5.74) is -0.758. The molecule has 1 aliphatic rings. The number of aliphatic carboxylic acids is 1. The van der Waals surface area contributed by atoms with Crippen molar-refractivity contribution >= 4 is 11.8 Å². The molecule has 1 rings (SSSR count). The van der Waals surface area contributed by atoms with Crippen molar-refractivity contribution in [3.05, 3.63) is 0 Å². The molecule has 2 unspecified atom stereocenters. The Morgan fingerprint density at radius 1 is 1.69 bits per heavy atom. The summed E-state index contributed by atoms with van der Waals surface area (Å²) in [7, 11) is 0. The molecule has 0 amide bonds. The fraction of sp³-hybridized carbons (Fsp3) is 0.800. The molecule has 1 saturated carbocycles. The van der Waals surface area contributed by atoms with Crippen molar-refractivity contribution in [2.24, 2.45) is 11.3 Å². The Labute approximate surface area is 78.1 Å². The highest BCUT2D eigenvalue weighted by Gasteiger charge is 2.48. The lowest BCUT2D eigenvalue weighted by molar-refractivity contribution is -0.152. The Morgan fingerprint density at radius 3 is 2.62 bits per heavy atom. The second-order valence-corrected chi connectivity index (χ2v) is 3.99. The van der Waals surface area contributed by atoms with E-state index >= 15 is 0 Å². The zero-order valence-electron chi connectivity index (χ0n) is 8.17. The van der Waals surface area contributed by atoms with Crippen LogP contribution in [0.2, 0.25) is 0 Å². The van der Waals surface area contributed by atoms with E-state index in [1.165, 1.54) is 0 Å². The molecule has 2 atom stereocenters. The van der Waals surface area contributed by atoms with Crippen LogP contribution >= 0.6 is 0 Å². The zero-order valence-corrected chi connectivity index (χ0v) is 8.17. The van der Waals surface area contributed by atoms with Gasteiger partial charge in [-0.2, -0.15) is 0 Å². The fourth-order valence-corrected chi connectivity index (χ4v) is 2.10. The van der Waals surface area contributed by atoms with Crippen molar-refractivity contribution in [2.75, 3.05) is 0 Å². The number of Topliss-reactive ketones (excluding diaryl/α,β-unsaturated/α-hetero) is 1. The summed E-state index contributed by atoms with van der Waals surface area (Å²) in [4.78, 5) is 22.2. The lowest BCUT2D eigenvalue weighted by Crippen LogP contribution is -2.35. The van der Waals surface area contributed by atoms with E-state index in [2.05, 4.69) is 0 Å². The Bertz CT molecular complexity index is 234. The van der Waals surface area contributed by atoms with Crippen molar-refractivity contribution in [1.29, 1.82) is 0 Å². The number of hydrogen-bond acceptors (Lipinski definition) is 2. The molecular weight excluding hydrogens is 168 g/mol. The molecule has 0 aliphatic heterocycles. The maximum Gasteiger partial charge on any atom is 0.310 e. The summed E-state index contributed by atoms with van der Waals surface area (Å²) in [5, 5.41) is 9.13.